The maximum atomic E-state index is 11.6. The molecule has 1 aromatic rings. The van der Waals surface area contributed by atoms with Gasteiger partial charge in [0.2, 0.25) is 5.91 Å². The number of nitrogens with zero attached hydrogens (tertiary/aromatic N) is 1. The van der Waals surface area contributed by atoms with Crippen molar-refractivity contribution in [2.24, 2.45) is 5.92 Å². The van der Waals surface area contributed by atoms with E-state index in [1.54, 1.807) is 0 Å². The first kappa shape index (κ1) is 15.0. The molecule has 2 N–H and O–H groups in total. The van der Waals surface area contributed by atoms with Crippen LogP contribution < -0.4 is 5.32 Å². The predicted molar refractivity (Wildman–Crippen MR) is 73.1 cm³/mol. The molecule has 2 rings (SSSR count). The number of carbonyl (C=O) groups excluding carboxylic acids is 1. The van der Waals surface area contributed by atoms with E-state index >= 15 is 0 Å². The minimum atomic E-state index is -0.147. The first-order valence-corrected chi connectivity index (χ1v) is 6.79. The molecule has 0 spiro atoms. The SMILES string of the molecule is COCC(=O)N[C@@H]1CN(Cc2ccc(C)o2)C[C@H]1CO. The first-order valence-electron chi connectivity index (χ1n) is 6.79. The minimum Gasteiger partial charge on any atom is -0.465 e. The third-order valence-corrected chi connectivity index (χ3v) is 3.55. The molecule has 1 saturated heterocycles. The van der Waals surface area contributed by atoms with Crippen LogP contribution in [0.5, 0.6) is 0 Å². The van der Waals surface area contributed by atoms with Crippen LogP contribution in [-0.4, -0.2) is 55.4 Å². The number of carbonyl (C=O) groups is 1. The molecular weight excluding hydrogens is 260 g/mol. The molecule has 0 bridgehead atoms. The van der Waals surface area contributed by atoms with E-state index in [1.807, 2.05) is 19.1 Å². The molecule has 1 aromatic heterocycles. The largest absolute Gasteiger partial charge is 0.465 e. The van der Waals surface area contributed by atoms with E-state index in [0.29, 0.717) is 13.1 Å². The smallest absolute Gasteiger partial charge is 0.246 e. The van der Waals surface area contributed by atoms with Crippen molar-refractivity contribution in [1.29, 1.82) is 0 Å². The fourth-order valence-corrected chi connectivity index (χ4v) is 2.61. The van der Waals surface area contributed by atoms with Crippen LogP contribution in [0.15, 0.2) is 16.5 Å². The molecule has 112 valence electrons. The topological polar surface area (TPSA) is 74.9 Å². The molecule has 6 heteroatoms. The molecule has 20 heavy (non-hydrogen) atoms. The number of rotatable bonds is 6. The van der Waals surface area contributed by atoms with Gasteiger partial charge in [-0.3, -0.25) is 9.69 Å². The van der Waals surface area contributed by atoms with Gasteiger partial charge >= 0.3 is 0 Å². The molecule has 1 amide bonds. The summed E-state index contributed by atoms with van der Waals surface area (Å²) < 4.78 is 10.4. The molecule has 0 saturated carbocycles. The van der Waals surface area contributed by atoms with Gasteiger partial charge in [-0.25, -0.2) is 0 Å². The van der Waals surface area contributed by atoms with Gasteiger partial charge in [0.25, 0.3) is 0 Å². The van der Waals surface area contributed by atoms with Gasteiger partial charge in [0.1, 0.15) is 18.1 Å². The number of hydrogen-bond donors (Lipinski definition) is 2. The average molecular weight is 282 g/mol. The lowest BCUT2D eigenvalue weighted by Crippen LogP contribution is -2.43. The molecule has 0 radical (unpaired) electrons. The summed E-state index contributed by atoms with van der Waals surface area (Å²) in [6, 6.07) is 3.85. The first-order chi connectivity index (χ1) is 9.62. The number of methoxy groups -OCH3 is 1. The highest BCUT2D eigenvalue weighted by Crippen LogP contribution is 2.20. The van der Waals surface area contributed by atoms with Crippen LogP contribution in [-0.2, 0) is 16.1 Å². The van der Waals surface area contributed by atoms with Gasteiger partial charge in [-0.1, -0.05) is 0 Å². The Morgan fingerprint density at radius 1 is 1.55 bits per heavy atom. The van der Waals surface area contributed by atoms with Crippen molar-refractivity contribution >= 4 is 5.91 Å². The highest BCUT2D eigenvalue weighted by Gasteiger charge is 2.33. The van der Waals surface area contributed by atoms with E-state index in [1.165, 1.54) is 7.11 Å². The highest BCUT2D eigenvalue weighted by atomic mass is 16.5. The lowest BCUT2D eigenvalue weighted by molar-refractivity contribution is -0.125. The average Bonchev–Trinajstić information content (AvgIpc) is 2.96. The van der Waals surface area contributed by atoms with E-state index in [0.717, 1.165) is 18.1 Å². The Balaban J connectivity index is 1.89. The van der Waals surface area contributed by atoms with Crippen molar-refractivity contribution < 1.29 is 19.1 Å². The predicted octanol–water partition coefficient (Wildman–Crippen LogP) is 0.143. The maximum Gasteiger partial charge on any atom is 0.246 e. The van der Waals surface area contributed by atoms with Gasteiger partial charge in [0, 0.05) is 38.8 Å². The number of ether oxygens (including phenoxy) is 1. The Hall–Kier alpha value is -1.37. The van der Waals surface area contributed by atoms with Crippen molar-refractivity contribution in [3.05, 3.63) is 23.7 Å². The summed E-state index contributed by atoms with van der Waals surface area (Å²) in [6.07, 6.45) is 0. The van der Waals surface area contributed by atoms with Gasteiger partial charge in [-0.05, 0) is 19.1 Å². The Labute approximate surface area is 118 Å². The quantitative estimate of drug-likeness (QED) is 0.776. The second-order valence-electron chi connectivity index (χ2n) is 5.26. The van der Waals surface area contributed by atoms with Gasteiger partial charge in [-0.15, -0.1) is 0 Å². The number of aryl methyl sites for hydroxylation is 1. The van der Waals surface area contributed by atoms with Gasteiger partial charge < -0.3 is 19.6 Å². The van der Waals surface area contributed by atoms with E-state index in [2.05, 4.69) is 10.2 Å². The summed E-state index contributed by atoms with van der Waals surface area (Å²) in [6.45, 7) is 4.17. The molecule has 6 nitrogen and oxygen atoms in total. The number of aliphatic hydroxyl groups is 1. The molecule has 1 aliphatic heterocycles. The zero-order chi connectivity index (χ0) is 14.5. The molecule has 0 aliphatic carbocycles. The van der Waals surface area contributed by atoms with Crippen LogP contribution in [0.2, 0.25) is 0 Å². The lowest BCUT2D eigenvalue weighted by atomic mass is 10.1. The molecule has 1 aliphatic rings. The van der Waals surface area contributed by atoms with Crippen molar-refractivity contribution in [3.63, 3.8) is 0 Å². The van der Waals surface area contributed by atoms with Gasteiger partial charge in [-0.2, -0.15) is 0 Å². The Morgan fingerprint density at radius 3 is 2.95 bits per heavy atom. The van der Waals surface area contributed by atoms with Crippen LogP contribution in [0.1, 0.15) is 11.5 Å². The van der Waals surface area contributed by atoms with Crippen LogP contribution in [0.4, 0.5) is 0 Å². The summed E-state index contributed by atoms with van der Waals surface area (Å²) in [5, 5.41) is 12.3. The summed E-state index contributed by atoms with van der Waals surface area (Å²) in [5.41, 5.74) is 0. The fraction of sp³-hybridized carbons (Fsp3) is 0.643. The third kappa shape index (κ3) is 3.82. The zero-order valence-corrected chi connectivity index (χ0v) is 12.0. The number of likely N-dealkylation sites (tertiary alicyclic amines) is 1. The minimum absolute atomic E-state index is 0.0429. The van der Waals surface area contributed by atoms with E-state index < -0.39 is 0 Å². The number of aliphatic hydroxyl groups excluding tert-OH is 1. The Bertz CT molecular complexity index is 446. The Morgan fingerprint density at radius 2 is 2.35 bits per heavy atom. The second-order valence-corrected chi connectivity index (χ2v) is 5.26. The van der Waals surface area contributed by atoms with Crippen molar-refractivity contribution in [3.8, 4) is 0 Å². The zero-order valence-electron chi connectivity index (χ0n) is 12.0. The lowest BCUT2D eigenvalue weighted by Gasteiger charge is -2.17. The fourth-order valence-electron chi connectivity index (χ4n) is 2.61. The number of nitrogens with one attached hydrogen (secondary N) is 1. The summed E-state index contributed by atoms with van der Waals surface area (Å²) >= 11 is 0. The monoisotopic (exact) mass is 282 g/mol. The van der Waals surface area contributed by atoms with Crippen molar-refractivity contribution in [2.75, 3.05) is 33.4 Å². The van der Waals surface area contributed by atoms with Crippen LogP contribution in [0.3, 0.4) is 0 Å². The van der Waals surface area contributed by atoms with E-state index in [4.69, 9.17) is 9.15 Å². The highest BCUT2D eigenvalue weighted by molar-refractivity contribution is 5.77. The summed E-state index contributed by atoms with van der Waals surface area (Å²) in [5.74, 6) is 1.70. The van der Waals surface area contributed by atoms with Crippen LogP contribution >= 0.6 is 0 Å². The van der Waals surface area contributed by atoms with Crippen molar-refractivity contribution in [1.82, 2.24) is 10.2 Å². The maximum absolute atomic E-state index is 11.6. The third-order valence-electron chi connectivity index (χ3n) is 3.55. The number of hydrogen-bond acceptors (Lipinski definition) is 5. The summed E-state index contributed by atoms with van der Waals surface area (Å²) in [7, 11) is 1.49. The molecule has 2 heterocycles. The Kier molecular flexibility index (Phi) is 5.17. The number of amides is 1. The van der Waals surface area contributed by atoms with Crippen LogP contribution in [0.25, 0.3) is 0 Å². The van der Waals surface area contributed by atoms with Gasteiger partial charge in [0.15, 0.2) is 0 Å². The number of furan rings is 1. The molecule has 2 atom stereocenters. The van der Waals surface area contributed by atoms with E-state index in [9.17, 15) is 9.90 Å². The molecule has 0 aromatic carbocycles. The second kappa shape index (κ2) is 6.88. The molecule has 0 unspecified atom stereocenters. The van der Waals surface area contributed by atoms with Crippen LogP contribution in [0, 0.1) is 12.8 Å². The summed E-state index contributed by atoms with van der Waals surface area (Å²) in [4.78, 5) is 13.8. The van der Waals surface area contributed by atoms with E-state index in [-0.39, 0.29) is 31.1 Å². The van der Waals surface area contributed by atoms with Gasteiger partial charge in [0.05, 0.1) is 6.54 Å². The van der Waals surface area contributed by atoms with Crippen molar-refractivity contribution in [2.45, 2.75) is 19.5 Å². The standard InChI is InChI=1S/C14H22N2O4/c1-10-3-4-12(20-10)6-16-5-11(8-17)13(7-16)15-14(18)9-19-2/h3-4,11,13,17H,5-9H2,1-2H3,(H,15,18)/t11-,13+/m0/s1. The molecular formula is C14H22N2O4. The normalized spacial score (nSPS) is 23.1. The molecule has 1 fully saturated rings.